The van der Waals surface area contributed by atoms with E-state index in [1.54, 1.807) is 0 Å². The first-order chi connectivity index (χ1) is 12.7. The van der Waals surface area contributed by atoms with E-state index in [2.05, 4.69) is 11.9 Å². The fourth-order valence-corrected chi connectivity index (χ4v) is 4.40. The monoisotopic (exact) mass is 351 g/mol. The van der Waals surface area contributed by atoms with Gasteiger partial charge in [0.1, 0.15) is 11.5 Å². The maximum atomic E-state index is 12.4. The Morgan fingerprint density at radius 2 is 1.62 bits per heavy atom. The van der Waals surface area contributed by atoms with Crippen LogP contribution in [0.15, 0.2) is 48.5 Å². The number of hydrogen-bond acceptors (Lipinski definition) is 5. The lowest BCUT2D eigenvalue weighted by Crippen LogP contribution is -2.22. The Kier molecular flexibility index (Phi) is 3.64. The van der Waals surface area contributed by atoms with Crippen LogP contribution in [0.3, 0.4) is 0 Å². The Bertz CT molecular complexity index is 794. The van der Waals surface area contributed by atoms with Crippen LogP contribution >= 0.6 is 0 Å². The van der Waals surface area contributed by atoms with Crippen LogP contribution in [0.4, 0.5) is 4.79 Å². The van der Waals surface area contributed by atoms with E-state index in [1.165, 1.54) is 0 Å². The first-order valence-electron chi connectivity index (χ1n) is 9.08. The smallest absolute Gasteiger partial charge is 0.456 e. The Morgan fingerprint density at radius 1 is 1.04 bits per heavy atom. The molecule has 2 aromatic rings. The molecule has 134 valence electrons. The number of benzene rings is 2. The standard InChI is InChI=1S/C21H21NO4/c1-22-10-15-16(11-22)17(15)12-24-21(23)26-20-13-6-2-4-8-18(13)25-19-9-5-3-7-14(19)20/h2-9,15-17,20H,10-12H2,1H3/t15-,16?,17?/m1/s1. The summed E-state index contributed by atoms with van der Waals surface area (Å²) >= 11 is 0. The second-order valence-electron chi connectivity index (χ2n) is 7.45. The first-order valence-corrected chi connectivity index (χ1v) is 9.08. The number of likely N-dealkylation sites (tertiary alicyclic amines) is 1. The van der Waals surface area contributed by atoms with Gasteiger partial charge in [0.2, 0.25) is 0 Å². The lowest BCUT2D eigenvalue weighted by Gasteiger charge is -2.27. The lowest BCUT2D eigenvalue weighted by molar-refractivity contribution is 0.0270. The fourth-order valence-electron chi connectivity index (χ4n) is 4.40. The molecule has 5 rings (SSSR count). The number of carbonyl (C=O) groups is 1. The number of fused-ring (bicyclic) bond motifs is 3. The third kappa shape index (κ3) is 2.63. The molecule has 2 fully saturated rings. The van der Waals surface area contributed by atoms with E-state index in [4.69, 9.17) is 14.2 Å². The third-order valence-corrected chi connectivity index (χ3v) is 5.78. The van der Waals surface area contributed by atoms with E-state index in [0.29, 0.717) is 35.9 Å². The van der Waals surface area contributed by atoms with Crippen molar-refractivity contribution in [2.45, 2.75) is 6.10 Å². The Morgan fingerprint density at radius 3 is 2.23 bits per heavy atom. The van der Waals surface area contributed by atoms with Gasteiger partial charge in [-0.25, -0.2) is 4.79 Å². The molecule has 0 radical (unpaired) electrons. The van der Waals surface area contributed by atoms with Crippen LogP contribution in [-0.2, 0) is 9.47 Å². The van der Waals surface area contributed by atoms with E-state index >= 15 is 0 Å². The highest BCUT2D eigenvalue weighted by atomic mass is 16.7. The molecule has 1 saturated carbocycles. The molecular weight excluding hydrogens is 330 g/mol. The number of para-hydroxylation sites is 2. The molecule has 2 aromatic carbocycles. The largest absolute Gasteiger partial charge is 0.509 e. The SMILES string of the molecule is CN1CC2C(COC(=O)OC3c4ccccc4Oc4ccccc43)[C@@H]2C1. The van der Waals surface area contributed by atoms with Crippen molar-refractivity contribution in [3.63, 3.8) is 0 Å². The van der Waals surface area contributed by atoms with Crippen molar-refractivity contribution in [3.05, 3.63) is 59.7 Å². The molecule has 26 heavy (non-hydrogen) atoms. The molecule has 0 N–H and O–H groups in total. The number of nitrogens with zero attached hydrogens (tertiary/aromatic N) is 1. The second-order valence-corrected chi connectivity index (χ2v) is 7.45. The van der Waals surface area contributed by atoms with Crippen molar-refractivity contribution >= 4 is 6.16 Å². The van der Waals surface area contributed by atoms with E-state index in [-0.39, 0.29) is 0 Å². The quantitative estimate of drug-likeness (QED) is 0.786. The number of hydrogen-bond donors (Lipinski definition) is 0. The van der Waals surface area contributed by atoms with Crippen LogP contribution in [0.1, 0.15) is 17.2 Å². The summed E-state index contributed by atoms with van der Waals surface area (Å²) in [6.45, 7) is 2.66. The zero-order valence-corrected chi connectivity index (χ0v) is 14.6. The maximum absolute atomic E-state index is 12.4. The Labute approximate surface area is 152 Å². The van der Waals surface area contributed by atoms with Gasteiger partial charge < -0.3 is 19.1 Å². The fraction of sp³-hybridized carbons (Fsp3) is 0.381. The van der Waals surface area contributed by atoms with Crippen molar-refractivity contribution in [1.82, 2.24) is 4.90 Å². The molecule has 1 aliphatic carbocycles. The van der Waals surface area contributed by atoms with Gasteiger partial charge in [-0.05, 0) is 31.0 Å². The van der Waals surface area contributed by atoms with Gasteiger partial charge in [0, 0.05) is 30.1 Å². The van der Waals surface area contributed by atoms with Crippen LogP contribution in [0.2, 0.25) is 0 Å². The van der Waals surface area contributed by atoms with Crippen LogP contribution in [0.25, 0.3) is 0 Å². The summed E-state index contributed by atoms with van der Waals surface area (Å²) in [7, 11) is 2.14. The predicted octanol–water partition coefficient (Wildman–Crippen LogP) is 3.84. The van der Waals surface area contributed by atoms with Gasteiger partial charge in [-0.2, -0.15) is 0 Å². The Balaban J connectivity index is 1.28. The van der Waals surface area contributed by atoms with E-state index in [9.17, 15) is 4.79 Å². The minimum Gasteiger partial charge on any atom is -0.456 e. The van der Waals surface area contributed by atoms with Gasteiger partial charge >= 0.3 is 6.16 Å². The summed E-state index contributed by atoms with van der Waals surface area (Å²) in [5, 5.41) is 0. The van der Waals surface area contributed by atoms with Gasteiger partial charge in [-0.3, -0.25) is 0 Å². The summed E-state index contributed by atoms with van der Waals surface area (Å²) in [4.78, 5) is 14.7. The van der Waals surface area contributed by atoms with Crippen molar-refractivity contribution < 1.29 is 19.0 Å². The number of rotatable bonds is 3. The van der Waals surface area contributed by atoms with Gasteiger partial charge in [-0.15, -0.1) is 0 Å². The molecule has 0 spiro atoms. The first kappa shape index (κ1) is 15.7. The molecule has 0 aromatic heterocycles. The molecule has 2 unspecified atom stereocenters. The van der Waals surface area contributed by atoms with Crippen LogP contribution in [0, 0.1) is 17.8 Å². The highest BCUT2D eigenvalue weighted by Crippen LogP contribution is 2.51. The predicted molar refractivity (Wildman–Crippen MR) is 95.2 cm³/mol. The minimum absolute atomic E-state index is 0.453. The molecule has 0 bridgehead atoms. The molecular formula is C21H21NO4. The van der Waals surface area contributed by atoms with Crippen LogP contribution in [-0.4, -0.2) is 37.8 Å². The maximum Gasteiger partial charge on any atom is 0.509 e. The topological polar surface area (TPSA) is 48.0 Å². The minimum atomic E-state index is -0.611. The lowest BCUT2D eigenvalue weighted by atomic mass is 9.97. The van der Waals surface area contributed by atoms with Gasteiger partial charge in [0.15, 0.2) is 6.10 Å². The molecule has 2 heterocycles. The molecule has 0 amide bonds. The average Bonchev–Trinajstić information content (AvgIpc) is 3.12. The Hall–Kier alpha value is -2.53. The highest BCUT2D eigenvalue weighted by molar-refractivity contribution is 5.63. The van der Waals surface area contributed by atoms with Crippen molar-refractivity contribution in [2.75, 3.05) is 26.7 Å². The zero-order valence-electron chi connectivity index (χ0n) is 14.6. The van der Waals surface area contributed by atoms with E-state index in [0.717, 1.165) is 24.2 Å². The molecule has 2 aliphatic heterocycles. The summed E-state index contributed by atoms with van der Waals surface area (Å²) in [5.74, 6) is 3.27. The van der Waals surface area contributed by atoms with Gasteiger partial charge in [0.25, 0.3) is 0 Å². The molecule has 3 aliphatic rings. The number of carbonyl (C=O) groups excluding carboxylic acids is 1. The summed E-state index contributed by atoms with van der Waals surface area (Å²) < 4.78 is 17.1. The molecule has 3 atom stereocenters. The highest BCUT2D eigenvalue weighted by Gasteiger charge is 2.55. The average molecular weight is 351 g/mol. The summed E-state index contributed by atoms with van der Waals surface area (Å²) in [6.07, 6.45) is -1.12. The number of ether oxygens (including phenoxy) is 3. The van der Waals surface area contributed by atoms with Crippen molar-refractivity contribution in [3.8, 4) is 11.5 Å². The normalized spacial score (nSPS) is 26.3. The van der Waals surface area contributed by atoms with Crippen molar-refractivity contribution in [1.29, 1.82) is 0 Å². The summed E-state index contributed by atoms with van der Waals surface area (Å²) in [5.41, 5.74) is 1.68. The molecule has 5 nitrogen and oxygen atoms in total. The molecule has 5 heteroatoms. The van der Waals surface area contributed by atoms with Crippen LogP contribution in [0.5, 0.6) is 11.5 Å². The molecule has 1 saturated heterocycles. The van der Waals surface area contributed by atoms with E-state index in [1.807, 2.05) is 48.5 Å². The third-order valence-electron chi connectivity index (χ3n) is 5.78. The van der Waals surface area contributed by atoms with Gasteiger partial charge in [0.05, 0.1) is 6.61 Å². The van der Waals surface area contributed by atoms with Crippen molar-refractivity contribution in [2.24, 2.45) is 17.8 Å². The number of piperidine rings is 1. The van der Waals surface area contributed by atoms with E-state index < -0.39 is 12.3 Å². The van der Waals surface area contributed by atoms with Gasteiger partial charge in [-0.1, -0.05) is 36.4 Å². The second kappa shape index (κ2) is 6.02. The summed E-state index contributed by atoms with van der Waals surface area (Å²) in [6, 6.07) is 15.3. The van der Waals surface area contributed by atoms with Crippen LogP contribution < -0.4 is 4.74 Å². The zero-order chi connectivity index (χ0) is 17.7.